The molecule has 1 amide bonds. The Bertz CT molecular complexity index is 1010. The second-order valence-electron chi connectivity index (χ2n) is 7.55. The molecule has 146 valence electrons. The molecule has 3 aromatic heterocycles. The number of carbonyl (C=O) groups is 1. The van der Waals surface area contributed by atoms with Gasteiger partial charge in [0.2, 0.25) is 0 Å². The molecule has 0 spiro atoms. The second kappa shape index (κ2) is 6.48. The molecule has 0 radical (unpaired) electrons. The first-order chi connectivity index (χ1) is 13.6. The lowest BCUT2D eigenvalue weighted by atomic mass is 10.1. The molecule has 0 bridgehead atoms. The third-order valence-electron chi connectivity index (χ3n) is 5.10. The van der Waals surface area contributed by atoms with E-state index in [1.807, 2.05) is 31.3 Å². The molecule has 10 nitrogen and oxygen atoms in total. The number of alkyl carbamates (subject to hydrolysis) is 1. The second-order valence-corrected chi connectivity index (χ2v) is 7.55. The zero-order valence-corrected chi connectivity index (χ0v) is 15.4. The van der Waals surface area contributed by atoms with Crippen molar-refractivity contribution < 1.29 is 14.3 Å². The van der Waals surface area contributed by atoms with Crippen molar-refractivity contribution in [1.82, 2.24) is 30.1 Å². The Morgan fingerprint density at radius 2 is 2.29 bits per heavy atom. The zero-order valence-electron chi connectivity index (χ0n) is 15.4. The molecule has 2 unspecified atom stereocenters. The maximum absolute atomic E-state index is 11.9. The molecule has 28 heavy (non-hydrogen) atoms. The van der Waals surface area contributed by atoms with Crippen LogP contribution in [0.2, 0.25) is 0 Å². The Labute approximate surface area is 160 Å². The number of nitrogens with one attached hydrogen (secondary N) is 3. The van der Waals surface area contributed by atoms with Crippen molar-refractivity contribution in [3.8, 4) is 0 Å². The number of fused-ring (bicyclic) bond motifs is 1. The summed E-state index contributed by atoms with van der Waals surface area (Å²) in [5.41, 5.74) is 1.49. The number of carbonyl (C=O) groups excluding carboxylic acids is 1. The monoisotopic (exact) mass is 383 g/mol. The van der Waals surface area contributed by atoms with Crippen molar-refractivity contribution in [1.29, 1.82) is 0 Å². The van der Waals surface area contributed by atoms with E-state index in [2.05, 4.69) is 30.9 Å². The predicted octanol–water partition coefficient (Wildman–Crippen LogP) is 2.30. The predicted molar refractivity (Wildman–Crippen MR) is 99.2 cm³/mol. The first kappa shape index (κ1) is 17.0. The van der Waals surface area contributed by atoms with E-state index in [-0.39, 0.29) is 23.8 Å². The summed E-state index contributed by atoms with van der Waals surface area (Å²) in [7, 11) is 0. The quantitative estimate of drug-likeness (QED) is 0.618. The van der Waals surface area contributed by atoms with E-state index in [1.54, 1.807) is 10.7 Å². The number of nitrogens with zero attached hydrogens (tertiary/aromatic N) is 4. The Balaban J connectivity index is 1.18. The topological polar surface area (TPSA) is 118 Å². The van der Waals surface area contributed by atoms with Crippen LogP contribution in [0.15, 0.2) is 30.6 Å². The maximum Gasteiger partial charge on any atom is 0.407 e. The summed E-state index contributed by atoms with van der Waals surface area (Å²) in [5, 5.41) is 17.4. The van der Waals surface area contributed by atoms with Gasteiger partial charge < -0.3 is 20.1 Å². The molecule has 2 fully saturated rings. The lowest BCUT2D eigenvalue weighted by Gasteiger charge is -2.15. The molecule has 10 heteroatoms. The molecular formula is C18H21N7O3. The fourth-order valence-corrected chi connectivity index (χ4v) is 3.22. The van der Waals surface area contributed by atoms with Crippen LogP contribution in [0.5, 0.6) is 0 Å². The van der Waals surface area contributed by atoms with Gasteiger partial charge in [-0.05, 0) is 25.8 Å². The first-order valence-corrected chi connectivity index (χ1v) is 9.29. The van der Waals surface area contributed by atoms with Crippen LogP contribution >= 0.6 is 0 Å². The van der Waals surface area contributed by atoms with Gasteiger partial charge in [-0.3, -0.25) is 5.10 Å². The van der Waals surface area contributed by atoms with Gasteiger partial charge in [-0.1, -0.05) is 0 Å². The summed E-state index contributed by atoms with van der Waals surface area (Å²) < 4.78 is 12.9. The van der Waals surface area contributed by atoms with Gasteiger partial charge in [-0.25, -0.2) is 14.3 Å². The minimum Gasteiger partial charge on any atom is -0.444 e. The van der Waals surface area contributed by atoms with Gasteiger partial charge in [0, 0.05) is 30.3 Å². The standard InChI is InChI=1S/C18H21N7O3/c1-18(4-5-18)22-17(26)28-11-8-13(27-10-11)12-9-15(24-23-12)20-14-3-7-25-16(21-14)2-6-19-25/h2-3,6-7,9,11,13H,4-5,8,10H2,1H3,(H,22,26)(H2,20,21,23,24). The fourth-order valence-electron chi connectivity index (χ4n) is 3.22. The Morgan fingerprint density at radius 3 is 3.14 bits per heavy atom. The summed E-state index contributed by atoms with van der Waals surface area (Å²) in [6.07, 6.45) is 5.28. The molecule has 5 rings (SSSR count). The van der Waals surface area contributed by atoms with Crippen LogP contribution in [0.3, 0.4) is 0 Å². The molecule has 3 aromatic rings. The van der Waals surface area contributed by atoms with Crippen molar-refractivity contribution in [2.24, 2.45) is 0 Å². The van der Waals surface area contributed by atoms with E-state index in [0.717, 1.165) is 24.2 Å². The van der Waals surface area contributed by atoms with Crippen LogP contribution in [0, 0.1) is 0 Å². The van der Waals surface area contributed by atoms with E-state index in [4.69, 9.17) is 9.47 Å². The molecule has 1 saturated heterocycles. The SMILES string of the molecule is CC1(NC(=O)OC2COC(c3cc(Nc4ccn5nccc5n4)n[nH]3)C2)CC1. The van der Waals surface area contributed by atoms with Crippen LogP contribution in [-0.4, -0.2) is 49.1 Å². The van der Waals surface area contributed by atoms with E-state index in [0.29, 0.717) is 24.7 Å². The minimum absolute atomic E-state index is 0.0894. The van der Waals surface area contributed by atoms with Gasteiger partial charge in [-0.15, -0.1) is 0 Å². The van der Waals surface area contributed by atoms with Crippen LogP contribution < -0.4 is 10.6 Å². The summed E-state index contributed by atoms with van der Waals surface area (Å²) in [6, 6.07) is 5.53. The maximum atomic E-state index is 11.9. The molecule has 2 aliphatic rings. The smallest absolute Gasteiger partial charge is 0.407 e. The van der Waals surface area contributed by atoms with Crippen molar-refractivity contribution in [3.63, 3.8) is 0 Å². The summed E-state index contributed by atoms with van der Waals surface area (Å²) in [5.74, 6) is 1.31. The van der Waals surface area contributed by atoms with Gasteiger partial charge in [0.1, 0.15) is 18.0 Å². The highest BCUT2D eigenvalue weighted by molar-refractivity contribution is 5.69. The van der Waals surface area contributed by atoms with Gasteiger partial charge in [0.15, 0.2) is 11.5 Å². The molecule has 1 aliphatic carbocycles. The first-order valence-electron chi connectivity index (χ1n) is 9.29. The van der Waals surface area contributed by atoms with Gasteiger partial charge in [0.25, 0.3) is 0 Å². The number of aromatic nitrogens is 5. The molecule has 3 N–H and O–H groups in total. The number of hydrogen-bond donors (Lipinski definition) is 3. The van der Waals surface area contributed by atoms with Crippen LogP contribution in [0.1, 0.15) is 38.0 Å². The largest absolute Gasteiger partial charge is 0.444 e. The molecule has 0 aromatic carbocycles. The Kier molecular flexibility index (Phi) is 3.93. The molecule has 4 heterocycles. The van der Waals surface area contributed by atoms with Crippen molar-refractivity contribution in [2.75, 3.05) is 11.9 Å². The number of aromatic amines is 1. The highest BCUT2D eigenvalue weighted by Crippen LogP contribution is 2.35. The van der Waals surface area contributed by atoms with Crippen molar-refractivity contribution in [2.45, 2.75) is 43.9 Å². The minimum atomic E-state index is -0.373. The zero-order chi connectivity index (χ0) is 19.1. The number of H-pyrrole nitrogens is 1. The summed E-state index contributed by atoms with van der Waals surface area (Å²) in [6.45, 7) is 2.39. The third-order valence-corrected chi connectivity index (χ3v) is 5.10. The molecule has 2 atom stereocenters. The van der Waals surface area contributed by atoms with E-state index >= 15 is 0 Å². The van der Waals surface area contributed by atoms with Crippen molar-refractivity contribution in [3.05, 3.63) is 36.3 Å². The molecular weight excluding hydrogens is 362 g/mol. The highest BCUT2D eigenvalue weighted by Gasteiger charge is 2.40. The van der Waals surface area contributed by atoms with E-state index in [1.165, 1.54) is 0 Å². The normalized spacial score (nSPS) is 22.9. The third kappa shape index (κ3) is 3.50. The molecule has 1 aliphatic heterocycles. The average Bonchev–Trinajstić information content (AvgIpc) is 3.11. The molecule has 1 saturated carbocycles. The van der Waals surface area contributed by atoms with Gasteiger partial charge in [0.05, 0.1) is 18.5 Å². The Morgan fingerprint density at radius 1 is 1.39 bits per heavy atom. The highest BCUT2D eigenvalue weighted by atomic mass is 16.6. The van der Waals surface area contributed by atoms with Gasteiger partial charge >= 0.3 is 6.09 Å². The van der Waals surface area contributed by atoms with Crippen LogP contribution in [0.25, 0.3) is 5.65 Å². The number of amides is 1. The van der Waals surface area contributed by atoms with E-state index in [9.17, 15) is 4.79 Å². The lowest BCUT2D eigenvalue weighted by Crippen LogP contribution is -2.37. The summed E-state index contributed by atoms with van der Waals surface area (Å²) >= 11 is 0. The van der Waals surface area contributed by atoms with Crippen LogP contribution in [-0.2, 0) is 9.47 Å². The van der Waals surface area contributed by atoms with Crippen molar-refractivity contribution >= 4 is 23.4 Å². The van der Waals surface area contributed by atoms with Gasteiger partial charge in [-0.2, -0.15) is 10.2 Å². The van der Waals surface area contributed by atoms with E-state index < -0.39 is 0 Å². The average molecular weight is 383 g/mol. The lowest BCUT2D eigenvalue weighted by molar-refractivity contribution is 0.0675. The number of anilines is 2. The fraction of sp³-hybridized carbons (Fsp3) is 0.444. The number of ether oxygens (including phenoxy) is 2. The Hall–Kier alpha value is -3.14. The summed E-state index contributed by atoms with van der Waals surface area (Å²) in [4.78, 5) is 16.4. The number of rotatable bonds is 5. The number of hydrogen-bond acceptors (Lipinski definition) is 7. The van der Waals surface area contributed by atoms with Crippen LogP contribution in [0.4, 0.5) is 16.4 Å².